The second-order valence-electron chi connectivity index (χ2n) is 8.33. The summed E-state index contributed by atoms with van der Waals surface area (Å²) in [5.41, 5.74) is 0.727. The lowest BCUT2D eigenvalue weighted by atomic mass is 10.1. The highest BCUT2D eigenvalue weighted by Gasteiger charge is 2.62. The van der Waals surface area contributed by atoms with Gasteiger partial charge in [0, 0.05) is 35.2 Å². The van der Waals surface area contributed by atoms with Crippen LogP contribution in [-0.2, 0) is 14.4 Å². The molecule has 10 heteroatoms. The number of nitrogens with zero attached hydrogens (tertiary/aromatic N) is 1. The molecule has 0 saturated heterocycles. The molecule has 0 bridgehead atoms. The normalized spacial score (nSPS) is 21.1. The van der Waals surface area contributed by atoms with Gasteiger partial charge in [0.1, 0.15) is 5.83 Å². The maximum Gasteiger partial charge on any atom is 0.254 e. The molecule has 1 fully saturated rings. The van der Waals surface area contributed by atoms with Crippen LogP contribution in [0.15, 0.2) is 71.1 Å². The van der Waals surface area contributed by atoms with Gasteiger partial charge >= 0.3 is 0 Å². The van der Waals surface area contributed by atoms with Crippen molar-refractivity contribution in [3.8, 4) is 0 Å². The van der Waals surface area contributed by atoms with Crippen LogP contribution in [0.5, 0.6) is 0 Å². The van der Waals surface area contributed by atoms with Crippen LogP contribution in [0.1, 0.15) is 19.8 Å². The third-order valence-corrected chi connectivity index (χ3v) is 6.26. The fourth-order valence-corrected chi connectivity index (χ4v) is 4.35. The predicted molar refractivity (Wildman–Crippen MR) is 130 cm³/mol. The third-order valence-electron chi connectivity index (χ3n) is 6.01. The molecule has 0 aliphatic heterocycles. The minimum Gasteiger partial charge on any atom is -0.356 e. The lowest BCUT2D eigenvalue weighted by molar-refractivity contribution is -0.126. The van der Waals surface area contributed by atoms with Gasteiger partial charge in [-0.25, -0.2) is 4.39 Å². The van der Waals surface area contributed by atoms with E-state index < -0.39 is 41.3 Å². The predicted octanol–water partition coefficient (Wildman–Crippen LogP) is 3.07. The van der Waals surface area contributed by atoms with E-state index in [1.54, 1.807) is 49.5 Å². The molecule has 1 saturated carbocycles. The van der Waals surface area contributed by atoms with E-state index in [0.29, 0.717) is 29.4 Å². The van der Waals surface area contributed by atoms with Crippen molar-refractivity contribution < 1.29 is 18.8 Å². The van der Waals surface area contributed by atoms with Gasteiger partial charge in [0.25, 0.3) is 5.56 Å². The molecule has 0 unspecified atom stereocenters. The van der Waals surface area contributed by atoms with Gasteiger partial charge in [0.2, 0.25) is 17.7 Å². The quantitative estimate of drug-likeness (QED) is 0.545. The second kappa shape index (κ2) is 10.3. The molecule has 35 heavy (non-hydrogen) atoms. The van der Waals surface area contributed by atoms with Gasteiger partial charge in [-0.05, 0) is 56.2 Å². The molecule has 2 aromatic rings. The summed E-state index contributed by atoms with van der Waals surface area (Å²) < 4.78 is 16.2. The van der Waals surface area contributed by atoms with Gasteiger partial charge in [-0.1, -0.05) is 17.7 Å². The lowest BCUT2D eigenvalue weighted by Crippen LogP contribution is -2.30. The molecule has 8 nitrogen and oxygen atoms in total. The third kappa shape index (κ3) is 5.35. The molecule has 182 valence electrons. The van der Waals surface area contributed by atoms with Crippen molar-refractivity contribution >= 4 is 40.7 Å². The molecular weight excluding hydrogens is 475 g/mol. The Morgan fingerprint density at radius 2 is 1.63 bits per heavy atom. The van der Waals surface area contributed by atoms with Crippen molar-refractivity contribution in [2.75, 3.05) is 11.9 Å². The second-order valence-corrected chi connectivity index (χ2v) is 8.76. The molecule has 1 aromatic heterocycles. The van der Waals surface area contributed by atoms with Crippen molar-refractivity contribution in [2.24, 2.45) is 17.8 Å². The number of nitrogens with one attached hydrogen (secondary N) is 3. The maximum atomic E-state index is 14.8. The Balaban J connectivity index is 1.49. The number of pyridine rings is 1. The molecule has 4 rings (SSSR count). The summed E-state index contributed by atoms with van der Waals surface area (Å²) in [4.78, 5) is 50.4. The number of anilines is 1. The zero-order valence-electron chi connectivity index (χ0n) is 18.9. The zero-order valence-corrected chi connectivity index (χ0v) is 19.6. The summed E-state index contributed by atoms with van der Waals surface area (Å²) >= 11 is 5.87. The smallest absolute Gasteiger partial charge is 0.254 e. The monoisotopic (exact) mass is 498 g/mol. The Labute approximate surface area is 205 Å². The molecule has 3 amide bonds. The highest BCUT2D eigenvalue weighted by atomic mass is 35.5. The number of rotatable bonds is 7. The number of allylic oxidation sites excluding steroid dienone is 4. The number of aromatic nitrogens is 1. The van der Waals surface area contributed by atoms with Crippen LogP contribution in [0.4, 0.5) is 10.1 Å². The van der Waals surface area contributed by atoms with Crippen LogP contribution >= 0.6 is 11.6 Å². The molecule has 0 spiro atoms. The Morgan fingerprint density at radius 1 is 0.971 bits per heavy atom. The number of hydrogen-bond acceptors (Lipinski definition) is 4. The summed E-state index contributed by atoms with van der Waals surface area (Å²) in [6, 6.07) is 11.1. The van der Waals surface area contributed by atoms with Gasteiger partial charge in [0.15, 0.2) is 0 Å². The van der Waals surface area contributed by atoms with Gasteiger partial charge in [-0.2, -0.15) is 0 Å². The first-order valence-electron chi connectivity index (χ1n) is 11.2. The number of hydrogen-bond donors (Lipinski definition) is 3. The Bertz CT molecular complexity index is 1280. The fraction of sp³-hybridized carbons (Fsp3) is 0.280. The molecule has 2 aliphatic carbocycles. The van der Waals surface area contributed by atoms with Crippen molar-refractivity contribution in [1.29, 1.82) is 0 Å². The topological polar surface area (TPSA) is 109 Å². The molecule has 0 radical (unpaired) electrons. The van der Waals surface area contributed by atoms with Crippen molar-refractivity contribution in [2.45, 2.75) is 19.8 Å². The minimum absolute atomic E-state index is 0.0566. The highest BCUT2D eigenvalue weighted by Crippen LogP contribution is 2.48. The van der Waals surface area contributed by atoms with E-state index in [0.717, 1.165) is 0 Å². The Morgan fingerprint density at radius 3 is 2.26 bits per heavy atom. The molecule has 1 heterocycles. The number of amides is 3. The average molecular weight is 499 g/mol. The number of carbonyl (C=O) groups excluding carboxylic acids is 3. The van der Waals surface area contributed by atoms with Crippen molar-refractivity contribution in [3.05, 3.63) is 81.6 Å². The van der Waals surface area contributed by atoms with E-state index >= 15 is 0 Å². The minimum atomic E-state index is -0.934. The molecule has 3 atom stereocenters. The summed E-state index contributed by atoms with van der Waals surface area (Å²) in [5.74, 6) is -4.84. The fourth-order valence-electron chi connectivity index (χ4n) is 4.23. The molecule has 3 N–H and O–H groups in total. The van der Waals surface area contributed by atoms with E-state index in [4.69, 9.17) is 11.6 Å². The van der Waals surface area contributed by atoms with Crippen LogP contribution in [0.3, 0.4) is 0 Å². The SMILES string of the molecule is CCNC(=O)[C@@H]1[C@@H](C(=O)NC2=C(F)C=C(n3ccccc3=O)CC2)[C@H]1C(=O)Nc1ccc(Cl)cc1. The van der Waals surface area contributed by atoms with E-state index in [2.05, 4.69) is 16.0 Å². The van der Waals surface area contributed by atoms with E-state index in [1.165, 1.54) is 16.7 Å². The molecule has 2 aliphatic rings. The van der Waals surface area contributed by atoms with Gasteiger partial charge in [-0.15, -0.1) is 0 Å². The van der Waals surface area contributed by atoms with E-state index in [-0.39, 0.29) is 17.7 Å². The van der Waals surface area contributed by atoms with E-state index in [1.807, 2.05) is 0 Å². The lowest BCUT2D eigenvalue weighted by Gasteiger charge is -2.18. The number of benzene rings is 1. The summed E-state index contributed by atoms with van der Waals surface area (Å²) in [7, 11) is 0. The van der Waals surface area contributed by atoms with Gasteiger partial charge in [0.05, 0.1) is 23.5 Å². The van der Waals surface area contributed by atoms with Gasteiger partial charge < -0.3 is 16.0 Å². The van der Waals surface area contributed by atoms with Crippen LogP contribution in [-0.4, -0.2) is 28.8 Å². The average Bonchev–Trinajstić information content (AvgIpc) is 3.59. The van der Waals surface area contributed by atoms with Crippen LogP contribution in [0.2, 0.25) is 5.02 Å². The maximum absolute atomic E-state index is 14.8. The van der Waals surface area contributed by atoms with Gasteiger partial charge in [-0.3, -0.25) is 23.7 Å². The molecular formula is C25H24ClFN4O4. The summed E-state index contributed by atoms with van der Waals surface area (Å²) in [6.45, 7) is 2.09. The zero-order chi connectivity index (χ0) is 25.1. The number of halogens is 2. The van der Waals surface area contributed by atoms with Crippen LogP contribution in [0.25, 0.3) is 5.70 Å². The number of carbonyl (C=O) groups is 3. The van der Waals surface area contributed by atoms with Crippen molar-refractivity contribution in [3.63, 3.8) is 0 Å². The highest BCUT2D eigenvalue weighted by molar-refractivity contribution is 6.30. The molecule has 1 aromatic carbocycles. The summed E-state index contributed by atoms with van der Waals surface area (Å²) in [6.07, 6.45) is 3.25. The first kappa shape index (κ1) is 24.4. The van der Waals surface area contributed by atoms with E-state index in [9.17, 15) is 23.6 Å². The van der Waals surface area contributed by atoms with Crippen molar-refractivity contribution in [1.82, 2.24) is 15.2 Å². The Hall–Kier alpha value is -3.72. The summed E-state index contributed by atoms with van der Waals surface area (Å²) in [5, 5.41) is 8.41. The van der Waals surface area contributed by atoms with Crippen LogP contribution < -0.4 is 21.5 Å². The first-order chi connectivity index (χ1) is 16.8. The largest absolute Gasteiger partial charge is 0.356 e. The Kier molecular flexibility index (Phi) is 7.16. The first-order valence-corrected chi connectivity index (χ1v) is 11.6. The standard InChI is InChI=1S/C25H24ClFN4O4/c1-2-28-23(33)20-21(24(34)29-15-8-6-14(26)7-9-15)22(20)25(35)30-18-11-10-16(13-17(18)27)31-12-4-3-5-19(31)32/h3-9,12-13,20-22H,2,10-11H2,1H3,(H,28,33)(H,29,34)(H,30,35)/t20-,21-,22+/m0/s1. The van der Waals surface area contributed by atoms with Crippen LogP contribution in [0, 0.1) is 17.8 Å².